The number of likely N-dealkylation sites (N-methyl/N-ethyl adjacent to an activating group) is 1. The van der Waals surface area contributed by atoms with Crippen LogP contribution in [0.25, 0.3) is 0 Å². The molecular formula is C16H21NO6S. The smallest absolute Gasteiger partial charge is 0.310 e. The maximum atomic E-state index is 12.0. The number of ether oxygens (including phenoxy) is 2. The molecule has 1 saturated heterocycles. The number of amides is 1. The van der Waals surface area contributed by atoms with Crippen LogP contribution in [-0.2, 0) is 30.6 Å². The summed E-state index contributed by atoms with van der Waals surface area (Å²) >= 11 is 0. The van der Waals surface area contributed by atoms with E-state index in [0.29, 0.717) is 12.2 Å². The van der Waals surface area contributed by atoms with Gasteiger partial charge in [-0.15, -0.1) is 0 Å². The van der Waals surface area contributed by atoms with Crippen molar-refractivity contribution in [1.82, 2.24) is 4.90 Å². The van der Waals surface area contributed by atoms with Crippen molar-refractivity contribution in [2.45, 2.75) is 18.9 Å². The van der Waals surface area contributed by atoms with Crippen LogP contribution in [-0.4, -0.2) is 63.5 Å². The van der Waals surface area contributed by atoms with Crippen LogP contribution in [0.4, 0.5) is 0 Å². The average Bonchev–Trinajstić information content (AvgIpc) is 2.92. The van der Waals surface area contributed by atoms with Gasteiger partial charge < -0.3 is 14.4 Å². The second-order valence-corrected chi connectivity index (χ2v) is 7.98. The third-order valence-electron chi connectivity index (χ3n) is 4.01. The van der Waals surface area contributed by atoms with E-state index in [4.69, 9.17) is 9.47 Å². The molecule has 8 heteroatoms. The van der Waals surface area contributed by atoms with Crippen LogP contribution < -0.4 is 4.74 Å². The van der Waals surface area contributed by atoms with Gasteiger partial charge in [-0.05, 0) is 24.1 Å². The second-order valence-electron chi connectivity index (χ2n) is 5.75. The maximum Gasteiger partial charge on any atom is 0.310 e. The molecule has 0 radical (unpaired) electrons. The Morgan fingerprint density at radius 1 is 1.25 bits per heavy atom. The number of carbonyl (C=O) groups is 2. The number of benzene rings is 1. The normalized spacial score (nSPS) is 18.8. The zero-order chi connectivity index (χ0) is 17.7. The minimum absolute atomic E-state index is 0.0327. The summed E-state index contributed by atoms with van der Waals surface area (Å²) in [5.74, 6) is -0.168. The molecule has 1 aliphatic heterocycles. The first-order valence-corrected chi connectivity index (χ1v) is 9.37. The number of hydrogen-bond acceptors (Lipinski definition) is 6. The lowest BCUT2D eigenvalue weighted by Crippen LogP contribution is -2.40. The van der Waals surface area contributed by atoms with Gasteiger partial charge in [-0.3, -0.25) is 9.59 Å². The number of hydrogen-bond donors (Lipinski definition) is 0. The Morgan fingerprint density at radius 3 is 2.46 bits per heavy atom. The fourth-order valence-electron chi connectivity index (χ4n) is 2.49. The van der Waals surface area contributed by atoms with Gasteiger partial charge in [0.25, 0.3) is 5.91 Å². The monoisotopic (exact) mass is 355 g/mol. The predicted octanol–water partition coefficient (Wildman–Crippen LogP) is 0.426. The van der Waals surface area contributed by atoms with Gasteiger partial charge in [-0.25, -0.2) is 8.42 Å². The molecule has 24 heavy (non-hydrogen) atoms. The van der Waals surface area contributed by atoms with Crippen molar-refractivity contribution in [2.24, 2.45) is 0 Å². The predicted molar refractivity (Wildman–Crippen MR) is 87.5 cm³/mol. The molecule has 132 valence electrons. The third kappa shape index (κ3) is 4.95. The summed E-state index contributed by atoms with van der Waals surface area (Å²) in [5, 5.41) is 0. The van der Waals surface area contributed by atoms with E-state index < -0.39 is 21.7 Å². The molecule has 1 heterocycles. The standard InChI is InChI=1S/C16H21NO6S/c1-17(13-7-8-24(20,21)11-13)15(18)10-23-16(19)9-12-3-5-14(22-2)6-4-12/h3-6,13H,7-11H2,1-2H3/t13-/m0/s1. The van der Waals surface area contributed by atoms with Crippen LogP contribution in [0.1, 0.15) is 12.0 Å². The lowest BCUT2D eigenvalue weighted by molar-refractivity contribution is -0.151. The van der Waals surface area contributed by atoms with Crippen molar-refractivity contribution in [3.63, 3.8) is 0 Å². The number of rotatable bonds is 6. The summed E-state index contributed by atoms with van der Waals surface area (Å²) in [4.78, 5) is 25.2. The molecule has 0 aliphatic carbocycles. The van der Waals surface area contributed by atoms with Crippen molar-refractivity contribution in [3.05, 3.63) is 29.8 Å². The van der Waals surface area contributed by atoms with Crippen molar-refractivity contribution in [2.75, 3.05) is 32.3 Å². The van der Waals surface area contributed by atoms with E-state index in [-0.39, 0.29) is 30.6 Å². The van der Waals surface area contributed by atoms with Crippen LogP contribution in [0.2, 0.25) is 0 Å². The van der Waals surface area contributed by atoms with Crippen LogP contribution >= 0.6 is 0 Å². The zero-order valence-electron chi connectivity index (χ0n) is 13.7. The Morgan fingerprint density at radius 2 is 1.92 bits per heavy atom. The minimum atomic E-state index is -3.06. The van der Waals surface area contributed by atoms with E-state index in [9.17, 15) is 18.0 Å². The molecule has 0 unspecified atom stereocenters. The largest absolute Gasteiger partial charge is 0.497 e. The number of nitrogens with zero attached hydrogens (tertiary/aromatic N) is 1. The van der Waals surface area contributed by atoms with E-state index in [2.05, 4.69) is 0 Å². The van der Waals surface area contributed by atoms with E-state index >= 15 is 0 Å². The Bertz CT molecular complexity index is 698. The topological polar surface area (TPSA) is 90.0 Å². The van der Waals surface area contributed by atoms with Crippen LogP contribution in [0, 0.1) is 0 Å². The summed E-state index contributed by atoms with van der Waals surface area (Å²) < 4.78 is 32.9. The van der Waals surface area contributed by atoms with Crippen molar-refractivity contribution in [1.29, 1.82) is 0 Å². The maximum absolute atomic E-state index is 12.0. The van der Waals surface area contributed by atoms with E-state index in [1.165, 1.54) is 11.9 Å². The molecule has 0 bridgehead atoms. The summed E-state index contributed by atoms with van der Waals surface area (Å²) in [7, 11) is 0.0258. The van der Waals surface area contributed by atoms with Crippen LogP contribution in [0.5, 0.6) is 5.75 Å². The van der Waals surface area contributed by atoms with E-state index in [0.717, 1.165) is 5.56 Å². The van der Waals surface area contributed by atoms with E-state index in [1.54, 1.807) is 31.4 Å². The lowest BCUT2D eigenvalue weighted by atomic mass is 10.1. The molecule has 2 rings (SSSR count). The van der Waals surface area contributed by atoms with Crippen LogP contribution in [0.3, 0.4) is 0 Å². The zero-order valence-corrected chi connectivity index (χ0v) is 14.5. The Kier molecular flexibility index (Phi) is 5.82. The van der Waals surface area contributed by atoms with Gasteiger partial charge in [0.2, 0.25) is 0 Å². The Labute approximate surface area is 141 Å². The molecule has 0 saturated carbocycles. The fourth-order valence-corrected chi connectivity index (χ4v) is 4.26. The third-order valence-corrected chi connectivity index (χ3v) is 5.76. The first-order chi connectivity index (χ1) is 11.3. The van der Waals surface area contributed by atoms with Crippen LogP contribution in [0.15, 0.2) is 24.3 Å². The quantitative estimate of drug-likeness (QED) is 0.687. The Hall–Kier alpha value is -2.09. The van der Waals surface area contributed by atoms with Gasteiger partial charge in [0, 0.05) is 13.1 Å². The molecule has 0 N–H and O–H groups in total. The molecule has 1 aromatic rings. The van der Waals surface area contributed by atoms with Gasteiger partial charge in [0.1, 0.15) is 5.75 Å². The lowest BCUT2D eigenvalue weighted by Gasteiger charge is -2.23. The number of sulfone groups is 1. The van der Waals surface area contributed by atoms with Crippen molar-refractivity contribution in [3.8, 4) is 5.75 Å². The molecule has 1 fully saturated rings. The highest BCUT2D eigenvalue weighted by Gasteiger charge is 2.32. The molecule has 7 nitrogen and oxygen atoms in total. The highest BCUT2D eigenvalue weighted by atomic mass is 32.2. The molecule has 1 aromatic carbocycles. The first-order valence-electron chi connectivity index (χ1n) is 7.55. The van der Waals surface area contributed by atoms with E-state index in [1.807, 2.05) is 0 Å². The van der Waals surface area contributed by atoms with Gasteiger partial charge in [-0.2, -0.15) is 0 Å². The molecule has 1 aliphatic rings. The molecule has 0 aromatic heterocycles. The van der Waals surface area contributed by atoms with Crippen molar-refractivity contribution < 1.29 is 27.5 Å². The van der Waals surface area contributed by atoms with Gasteiger partial charge in [0.05, 0.1) is 25.0 Å². The Balaban J connectivity index is 1.79. The average molecular weight is 355 g/mol. The molecule has 0 spiro atoms. The minimum Gasteiger partial charge on any atom is -0.497 e. The SMILES string of the molecule is COc1ccc(CC(=O)OCC(=O)N(C)[C@H]2CCS(=O)(=O)C2)cc1. The first kappa shape index (κ1) is 18.3. The molecule has 1 atom stereocenters. The number of methoxy groups -OCH3 is 1. The second kappa shape index (κ2) is 7.65. The molecule has 1 amide bonds. The summed E-state index contributed by atoms with van der Waals surface area (Å²) in [6, 6.07) is 6.63. The highest BCUT2D eigenvalue weighted by Crippen LogP contribution is 2.16. The number of esters is 1. The summed E-state index contributed by atoms with van der Waals surface area (Å²) in [5.41, 5.74) is 0.753. The van der Waals surface area contributed by atoms with Gasteiger partial charge in [-0.1, -0.05) is 12.1 Å². The van der Waals surface area contributed by atoms with Crippen molar-refractivity contribution >= 4 is 21.7 Å². The fraction of sp³-hybridized carbons (Fsp3) is 0.500. The van der Waals surface area contributed by atoms with Gasteiger partial charge >= 0.3 is 5.97 Å². The summed E-state index contributed by atoms with van der Waals surface area (Å²) in [6.45, 7) is -0.387. The summed E-state index contributed by atoms with van der Waals surface area (Å²) in [6.07, 6.45) is 0.475. The van der Waals surface area contributed by atoms with Gasteiger partial charge in [0.15, 0.2) is 16.4 Å². The number of carbonyl (C=O) groups excluding carboxylic acids is 2. The molecular weight excluding hydrogens is 334 g/mol. The highest BCUT2D eigenvalue weighted by molar-refractivity contribution is 7.91.